The molecule has 0 amide bonds. The van der Waals surface area contributed by atoms with Crippen molar-refractivity contribution in [3.05, 3.63) is 29.8 Å². The number of benzene rings is 1. The van der Waals surface area contributed by atoms with Gasteiger partial charge in [-0.2, -0.15) is 0 Å². The van der Waals surface area contributed by atoms with Gasteiger partial charge in [0.05, 0.1) is 26.9 Å². The number of nitrogens with one attached hydrogen (secondary N) is 1. The van der Waals surface area contributed by atoms with Crippen molar-refractivity contribution in [2.45, 2.75) is 24.7 Å². The Morgan fingerprint density at radius 1 is 1.20 bits per heavy atom. The van der Waals surface area contributed by atoms with Crippen LogP contribution in [0.4, 0.5) is 0 Å². The Labute approximate surface area is 180 Å². The van der Waals surface area contributed by atoms with Crippen LogP contribution in [0.5, 0.6) is 5.75 Å². The molecule has 1 aromatic rings. The first kappa shape index (κ1) is 22.8. The summed E-state index contributed by atoms with van der Waals surface area (Å²) in [4.78, 5) is 6.92. The van der Waals surface area contributed by atoms with E-state index in [4.69, 9.17) is 18.9 Å². The number of likely N-dealkylation sites (tertiary alicyclic amines) is 1. The van der Waals surface area contributed by atoms with Crippen molar-refractivity contribution in [3.63, 3.8) is 0 Å². The lowest BCUT2D eigenvalue weighted by Crippen LogP contribution is -2.49. The minimum Gasteiger partial charge on any atom is -0.497 e. The predicted octanol–water partition coefficient (Wildman–Crippen LogP) is 2.30. The molecule has 2 heterocycles. The number of guanidine groups is 1. The van der Waals surface area contributed by atoms with Gasteiger partial charge in [-0.1, -0.05) is 12.1 Å². The van der Waals surface area contributed by atoms with Crippen LogP contribution < -0.4 is 10.1 Å². The molecule has 168 valence electrons. The summed E-state index contributed by atoms with van der Waals surface area (Å²) in [5, 5.41) is 3.67. The highest BCUT2D eigenvalue weighted by Crippen LogP contribution is 2.35. The van der Waals surface area contributed by atoms with E-state index >= 15 is 0 Å². The summed E-state index contributed by atoms with van der Waals surface area (Å²) < 4.78 is 21.8. The molecule has 3 rings (SSSR count). The standard InChI is InChI=1S/C23H37N3O4/c1-24-22(26-11-8-19(16-26)17-30-15-14-27-2)25-18-23(9-12-29-13-10-23)20-4-6-21(28-3)7-5-20/h4-7,19H,8-18H2,1-3H3,(H,24,25). The molecule has 0 bridgehead atoms. The molecule has 7 nitrogen and oxygen atoms in total. The fourth-order valence-corrected chi connectivity index (χ4v) is 4.41. The molecular weight excluding hydrogens is 382 g/mol. The van der Waals surface area contributed by atoms with Crippen LogP contribution in [0, 0.1) is 5.92 Å². The summed E-state index contributed by atoms with van der Waals surface area (Å²) in [5.74, 6) is 2.41. The number of hydrogen-bond donors (Lipinski definition) is 1. The largest absolute Gasteiger partial charge is 0.497 e. The fraction of sp³-hybridized carbons (Fsp3) is 0.696. The molecule has 2 aliphatic heterocycles. The van der Waals surface area contributed by atoms with Gasteiger partial charge in [0.1, 0.15) is 5.75 Å². The number of aliphatic imine (C=N–C) groups is 1. The lowest BCUT2D eigenvalue weighted by molar-refractivity contribution is 0.0509. The van der Waals surface area contributed by atoms with Crippen LogP contribution in [-0.4, -0.2) is 84.8 Å². The predicted molar refractivity (Wildman–Crippen MR) is 118 cm³/mol. The number of rotatable bonds is 9. The van der Waals surface area contributed by atoms with E-state index in [9.17, 15) is 0 Å². The topological polar surface area (TPSA) is 64.6 Å². The molecule has 1 aromatic carbocycles. The van der Waals surface area contributed by atoms with Crippen LogP contribution in [0.2, 0.25) is 0 Å². The number of nitrogens with zero attached hydrogens (tertiary/aromatic N) is 2. The summed E-state index contributed by atoms with van der Waals surface area (Å²) >= 11 is 0. The molecule has 0 spiro atoms. The van der Waals surface area contributed by atoms with Gasteiger partial charge in [-0.05, 0) is 37.0 Å². The average Bonchev–Trinajstić information content (AvgIpc) is 3.26. The molecule has 2 aliphatic rings. The molecule has 0 radical (unpaired) electrons. The van der Waals surface area contributed by atoms with Crippen molar-refractivity contribution in [2.24, 2.45) is 10.9 Å². The second-order valence-electron chi connectivity index (χ2n) is 8.19. The quantitative estimate of drug-likeness (QED) is 0.376. The molecule has 1 atom stereocenters. The van der Waals surface area contributed by atoms with Gasteiger partial charge in [-0.15, -0.1) is 0 Å². The van der Waals surface area contributed by atoms with E-state index in [1.165, 1.54) is 5.56 Å². The molecule has 30 heavy (non-hydrogen) atoms. The van der Waals surface area contributed by atoms with Crippen molar-refractivity contribution in [1.82, 2.24) is 10.2 Å². The zero-order valence-electron chi connectivity index (χ0n) is 18.7. The van der Waals surface area contributed by atoms with E-state index in [-0.39, 0.29) is 5.41 Å². The van der Waals surface area contributed by atoms with E-state index in [1.54, 1.807) is 14.2 Å². The van der Waals surface area contributed by atoms with Gasteiger partial charge in [0.25, 0.3) is 0 Å². The third-order valence-electron chi connectivity index (χ3n) is 6.32. The lowest BCUT2D eigenvalue weighted by Gasteiger charge is -2.39. The molecule has 2 fully saturated rings. The van der Waals surface area contributed by atoms with Crippen molar-refractivity contribution in [2.75, 3.05) is 73.9 Å². The summed E-state index contributed by atoms with van der Waals surface area (Å²) in [6.45, 7) is 6.50. The van der Waals surface area contributed by atoms with E-state index in [0.717, 1.165) is 70.4 Å². The second-order valence-corrected chi connectivity index (χ2v) is 8.19. The maximum absolute atomic E-state index is 5.73. The smallest absolute Gasteiger partial charge is 0.193 e. The van der Waals surface area contributed by atoms with Gasteiger partial charge >= 0.3 is 0 Å². The van der Waals surface area contributed by atoms with Gasteiger partial charge in [0.2, 0.25) is 0 Å². The summed E-state index contributed by atoms with van der Waals surface area (Å²) in [6.07, 6.45) is 3.13. The van der Waals surface area contributed by atoms with Crippen LogP contribution in [0.25, 0.3) is 0 Å². The Morgan fingerprint density at radius 3 is 2.63 bits per heavy atom. The maximum Gasteiger partial charge on any atom is 0.193 e. The van der Waals surface area contributed by atoms with Gasteiger partial charge < -0.3 is 29.2 Å². The fourth-order valence-electron chi connectivity index (χ4n) is 4.41. The molecule has 0 aromatic heterocycles. The van der Waals surface area contributed by atoms with Crippen molar-refractivity contribution in [1.29, 1.82) is 0 Å². The monoisotopic (exact) mass is 419 g/mol. The SMILES string of the molecule is CN=C(NCC1(c2ccc(OC)cc2)CCOCC1)N1CCC(COCCOC)C1. The Bertz CT molecular complexity index is 659. The minimum absolute atomic E-state index is 0.0445. The van der Waals surface area contributed by atoms with Crippen molar-refractivity contribution in [3.8, 4) is 5.75 Å². The first-order valence-electron chi connectivity index (χ1n) is 11.0. The van der Waals surface area contributed by atoms with Gasteiger partial charge in [0.15, 0.2) is 5.96 Å². The number of hydrogen-bond acceptors (Lipinski definition) is 5. The highest BCUT2D eigenvalue weighted by Gasteiger charge is 2.35. The third kappa shape index (κ3) is 5.86. The van der Waals surface area contributed by atoms with Gasteiger partial charge in [-0.25, -0.2) is 0 Å². The molecule has 0 saturated carbocycles. The molecular formula is C23H37N3O4. The molecule has 1 unspecified atom stereocenters. The highest BCUT2D eigenvalue weighted by atomic mass is 16.5. The average molecular weight is 420 g/mol. The summed E-state index contributed by atoms with van der Waals surface area (Å²) in [6, 6.07) is 8.49. The maximum atomic E-state index is 5.73. The Kier molecular flexibility index (Phi) is 8.78. The lowest BCUT2D eigenvalue weighted by atomic mass is 9.74. The van der Waals surface area contributed by atoms with Gasteiger partial charge in [-0.3, -0.25) is 4.99 Å². The molecule has 2 saturated heterocycles. The Hall–Kier alpha value is -1.83. The zero-order chi connectivity index (χ0) is 21.2. The van der Waals surface area contributed by atoms with Crippen LogP contribution in [-0.2, 0) is 19.6 Å². The first-order valence-corrected chi connectivity index (χ1v) is 11.0. The van der Waals surface area contributed by atoms with Crippen LogP contribution >= 0.6 is 0 Å². The normalized spacial score (nSPS) is 21.6. The van der Waals surface area contributed by atoms with Crippen molar-refractivity contribution < 1.29 is 18.9 Å². The summed E-state index contributed by atoms with van der Waals surface area (Å²) in [5.41, 5.74) is 1.38. The molecule has 7 heteroatoms. The Morgan fingerprint density at radius 2 is 1.97 bits per heavy atom. The Balaban J connectivity index is 1.58. The molecule has 1 N–H and O–H groups in total. The first-order chi connectivity index (χ1) is 14.7. The van der Waals surface area contributed by atoms with E-state index < -0.39 is 0 Å². The van der Waals surface area contributed by atoms with Crippen molar-refractivity contribution >= 4 is 5.96 Å². The van der Waals surface area contributed by atoms with E-state index in [1.807, 2.05) is 7.05 Å². The number of methoxy groups -OCH3 is 2. The minimum atomic E-state index is 0.0445. The van der Waals surface area contributed by atoms with Crippen LogP contribution in [0.15, 0.2) is 29.3 Å². The number of ether oxygens (including phenoxy) is 4. The van der Waals surface area contributed by atoms with E-state index in [2.05, 4.69) is 39.5 Å². The van der Waals surface area contributed by atoms with Crippen LogP contribution in [0.3, 0.4) is 0 Å². The second kappa shape index (κ2) is 11.5. The zero-order valence-corrected chi connectivity index (χ0v) is 18.7. The molecule has 0 aliphatic carbocycles. The van der Waals surface area contributed by atoms with E-state index in [0.29, 0.717) is 19.1 Å². The van der Waals surface area contributed by atoms with Crippen LogP contribution in [0.1, 0.15) is 24.8 Å². The highest BCUT2D eigenvalue weighted by molar-refractivity contribution is 5.80. The van der Waals surface area contributed by atoms with Gasteiger partial charge in [0, 0.05) is 58.3 Å². The third-order valence-corrected chi connectivity index (χ3v) is 6.32. The summed E-state index contributed by atoms with van der Waals surface area (Å²) in [7, 11) is 5.28.